The van der Waals surface area contributed by atoms with E-state index in [2.05, 4.69) is 4.74 Å². The first-order valence-electron chi connectivity index (χ1n) is 5.57. The van der Waals surface area contributed by atoms with Crippen LogP contribution in [-0.4, -0.2) is 24.7 Å². The van der Waals surface area contributed by atoms with Crippen LogP contribution in [0.4, 0.5) is 13.2 Å². The number of hydrogen-bond acceptors (Lipinski definition) is 3. The molecule has 0 saturated carbocycles. The molecule has 1 atom stereocenters. The van der Waals surface area contributed by atoms with Gasteiger partial charge in [-0.1, -0.05) is 18.2 Å². The second kappa shape index (κ2) is 4.78. The molecule has 1 fully saturated rings. The summed E-state index contributed by atoms with van der Waals surface area (Å²) in [4.78, 5) is 0. The van der Waals surface area contributed by atoms with Gasteiger partial charge in [0.2, 0.25) is 0 Å². The SMILES string of the molecule is OCC1(c2ccccc2OC(F)(F)F)CCCO1. The van der Waals surface area contributed by atoms with Gasteiger partial charge in [0.25, 0.3) is 0 Å². The largest absolute Gasteiger partial charge is 0.573 e. The van der Waals surface area contributed by atoms with Crippen LogP contribution in [0.25, 0.3) is 0 Å². The average molecular weight is 262 g/mol. The molecular formula is C12H13F3O3. The minimum atomic E-state index is -4.76. The molecule has 0 spiro atoms. The molecule has 0 bridgehead atoms. The fourth-order valence-corrected chi connectivity index (χ4v) is 2.18. The Balaban J connectivity index is 2.37. The van der Waals surface area contributed by atoms with Gasteiger partial charge in [0.1, 0.15) is 11.4 Å². The lowest BCUT2D eigenvalue weighted by atomic mass is 9.91. The van der Waals surface area contributed by atoms with Crippen LogP contribution in [0, 0.1) is 0 Å². The summed E-state index contributed by atoms with van der Waals surface area (Å²) in [7, 11) is 0. The van der Waals surface area contributed by atoms with E-state index in [9.17, 15) is 18.3 Å². The van der Waals surface area contributed by atoms with Gasteiger partial charge in [0, 0.05) is 12.2 Å². The van der Waals surface area contributed by atoms with Gasteiger partial charge in [0.05, 0.1) is 6.61 Å². The molecule has 0 amide bonds. The quantitative estimate of drug-likeness (QED) is 0.910. The van der Waals surface area contributed by atoms with Gasteiger partial charge in [0.15, 0.2) is 0 Å². The molecule has 0 aromatic heterocycles. The number of hydrogen-bond donors (Lipinski definition) is 1. The first-order valence-corrected chi connectivity index (χ1v) is 5.57. The summed E-state index contributed by atoms with van der Waals surface area (Å²) in [5, 5.41) is 9.43. The van der Waals surface area contributed by atoms with E-state index in [4.69, 9.17) is 4.74 Å². The van der Waals surface area contributed by atoms with Gasteiger partial charge in [-0.2, -0.15) is 0 Å². The van der Waals surface area contributed by atoms with E-state index in [1.807, 2.05) is 0 Å². The summed E-state index contributed by atoms with van der Waals surface area (Å²) in [6.45, 7) is 0.0478. The van der Waals surface area contributed by atoms with Crippen LogP contribution in [0.1, 0.15) is 18.4 Å². The Labute approximate surface area is 102 Å². The minimum absolute atomic E-state index is 0.238. The number of para-hydroxylation sites is 1. The lowest BCUT2D eigenvalue weighted by Crippen LogP contribution is -2.31. The highest BCUT2D eigenvalue weighted by atomic mass is 19.4. The number of aliphatic hydroxyl groups is 1. The molecule has 6 heteroatoms. The fourth-order valence-electron chi connectivity index (χ4n) is 2.18. The van der Waals surface area contributed by atoms with E-state index in [1.54, 1.807) is 6.07 Å². The molecule has 1 aromatic carbocycles. The van der Waals surface area contributed by atoms with E-state index >= 15 is 0 Å². The Morgan fingerprint density at radius 3 is 2.61 bits per heavy atom. The number of halogens is 3. The van der Waals surface area contributed by atoms with Crippen molar-refractivity contribution in [2.75, 3.05) is 13.2 Å². The van der Waals surface area contributed by atoms with E-state index in [0.717, 1.165) is 0 Å². The van der Waals surface area contributed by atoms with Gasteiger partial charge in [-0.05, 0) is 18.9 Å². The zero-order chi connectivity index (χ0) is 13.2. The second-order valence-corrected chi connectivity index (χ2v) is 4.15. The number of rotatable bonds is 3. The molecule has 1 aromatic rings. The van der Waals surface area contributed by atoms with Crippen LogP contribution < -0.4 is 4.74 Å². The molecule has 1 heterocycles. The van der Waals surface area contributed by atoms with Gasteiger partial charge >= 0.3 is 6.36 Å². The maximum atomic E-state index is 12.3. The molecule has 1 N–H and O–H groups in total. The lowest BCUT2D eigenvalue weighted by Gasteiger charge is -2.28. The Bertz CT molecular complexity index is 411. The first-order chi connectivity index (χ1) is 8.47. The monoisotopic (exact) mass is 262 g/mol. The van der Waals surface area contributed by atoms with Crippen molar-refractivity contribution < 1.29 is 27.8 Å². The highest BCUT2D eigenvalue weighted by Gasteiger charge is 2.41. The van der Waals surface area contributed by atoms with E-state index < -0.39 is 12.0 Å². The molecular weight excluding hydrogens is 249 g/mol. The van der Waals surface area contributed by atoms with Crippen molar-refractivity contribution in [1.82, 2.24) is 0 Å². The lowest BCUT2D eigenvalue weighted by molar-refractivity contribution is -0.275. The first kappa shape index (κ1) is 13.2. The van der Waals surface area contributed by atoms with Crippen LogP contribution in [0.15, 0.2) is 24.3 Å². The maximum Gasteiger partial charge on any atom is 0.573 e. The zero-order valence-electron chi connectivity index (χ0n) is 9.54. The van der Waals surface area contributed by atoms with Crippen molar-refractivity contribution in [3.05, 3.63) is 29.8 Å². The Morgan fingerprint density at radius 1 is 1.33 bits per heavy atom. The molecule has 18 heavy (non-hydrogen) atoms. The van der Waals surface area contributed by atoms with E-state index in [-0.39, 0.29) is 17.9 Å². The molecule has 1 unspecified atom stereocenters. The van der Waals surface area contributed by atoms with Gasteiger partial charge in [-0.25, -0.2) is 0 Å². The highest BCUT2D eigenvalue weighted by Crippen LogP contribution is 2.41. The van der Waals surface area contributed by atoms with Gasteiger partial charge in [-0.15, -0.1) is 13.2 Å². The summed E-state index contributed by atoms with van der Waals surface area (Å²) in [6.07, 6.45) is -3.59. The van der Waals surface area contributed by atoms with Crippen molar-refractivity contribution in [1.29, 1.82) is 0 Å². The molecule has 3 nitrogen and oxygen atoms in total. The molecule has 0 radical (unpaired) electrons. The van der Waals surface area contributed by atoms with E-state index in [1.165, 1.54) is 18.2 Å². The van der Waals surface area contributed by atoms with Gasteiger partial charge < -0.3 is 14.6 Å². The summed E-state index contributed by atoms with van der Waals surface area (Å²) in [6, 6.07) is 5.76. The highest BCUT2D eigenvalue weighted by molar-refractivity contribution is 5.39. The standard InChI is InChI=1S/C12H13F3O3/c13-12(14,15)18-10-5-2-1-4-9(10)11(8-16)6-3-7-17-11/h1-2,4-5,16H,3,6-8H2. The predicted molar refractivity (Wildman–Crippen MR) is 57.1 cm³/mol. The van der Waals surface area contributed by atoms with Crippen molar-refractivity contribution >= 4 is 0 Å². The van der Waals surface area contributed by atoms with Crippen LogP contribution in [-0.2, 0) is 10.3 Å². The number of ether oxygens (including phenoxy) is 2. The zero-order valence-corrected chi connectivity index (χ0v) is 9.54. The number of benzene rings is 1. The smallest absolute Gasteiger partial charge is 0.405 e. The predicted octanol–water partition coefficient (Wildman–Crippen LogP) is 2.58. The third-order valence-electron chi connectivity index (χ3n) is 2.96. The molecule has 2 rings (SSSR count). The fraction of sp³-hybridized carbons (Fsp3) is 0.500. The Kier molecular flexibility index (Phi) is 3.49. The molecule has 1 aliphatic heterocycles. The number of aliphatic hydroxyl groups excluding tert-OH is 1. The van der Waals surface area contributed by atoms with Crippen LogP contribution in [0.5, 0.6) is 5.75 Å². The summed E-state index contributed by atoms with van der Waals surface area (Å²) < 4.78 is 46.3. The van der Waals surface area contributed by atoms with Crippen molar-refractivity contribution in [3.8, 4) is 5.75 Å². The average Bonchev–Trinajstić information content (AvgIpc) is 2.77. The Hall–Kier alpha value is -1.27. The molecule has 0 aliphatic carbocycles. The van der Waals surface area contributed by atoms with Gasteiger partial charge in [-0.3, -0.25) is 0 Å². The molecule has 100 valence electrons. The summed E-state index contributed by atoms with van der Waals surface area (Å²) >= 11 is 0. The van der Waals surface area contributed by atoms with Crippen molar-refractivity contribution in [2.45, 2.75) is 24.8 Å². The summed E-state index contributed by atoms with van der Waals surface area (Å²) in [5.41, 5.74) is -0.843. The normalized spacial score (nSPS) is 24.2. The minimum Gasteiger partial charge on any atom is -0.405 e. The second-order valence-electron chi connectivity index (χ2n) is 4.15. The van der Waals surface area contributed by atoms with Crippen LogP contribution in [0.3, 0.4) is 0 Å². The topological polar surface area (TPSA) is 38.7 Å². The van der Waals surface area contributed by atoms with Crippen LogP contribution >= 0.6 is 0 Å². The van der Waals surface area contributed by atoms with Crippen molar-refractivity contribution in [2.24, 2.45) is 0 Å². The third-order valence-corrected chi connectivity index (χ3v) is 2.96. The van der Waals surface area contributed by atoms with E-state index in [0.29, 0.717) is 19.4 Å². The molecule has 1 aliphatic rings. The van der Waals surface area contributed by atoms with Crippen LogP contribution in [0.2, 0.25) is 0 Å². The summed E-state index contributed by atoms with van der Waals surface area (Å²) in [5.74, 6) is -0.319. The third kappa shape index (κ3) is 2.59. The van der Waals surface area contributed by atoms with Crippen molar-refractivity contribution in [3.63, 3.8) is 0 Å². The Morgan fingerprint density at radius 2 is 2.06 bits per heavy atom. The number of alkyl halides is 3. The molecule has 1 saturated heterocycles. The maximum absolute atomic E-state index is 12.3.